The number of ketones is 1. The maximum absolute atomic E-state index is 11.7. The van der Waals surface area contributed by atoms with E-state index < -0.39 is 0 Å². The fourth-order valence-electron chi connectivity index (χ4n) is 1.58. The Bertz CT molecular complexity index is 289. The van der Waals surface area contributed by atoms with Crippen molar-refractivity contribution < 1.29 is 4.79 Å². The van der Waals surface area contributed by atoms with Crippen molar-refractivity contribution in [2.24, 2.45) is 5.92 Å². The predicted molar refractivity (Wildman–Crippen MR) is 64.1 cm³/mol. The van der Waals surface area contributed by atoms with Gasteiger partial charge in [-0.15, -0.1) is 0 Å². The van der Waals surface area contributed by atoms with Crippen LogP contribution in [0.15, 0.2) is 30.3 Å². The fourth-order valence-corrected chi connectivity index (χ4v) is 1.58. The number of hydrogen-bond acceptors (Lipinski definition) is 1. The Hall–Kier alpha value is -1.11. The van der Waals surface area contributed by atoms with Crippen molar-refractivity contribution in [3.05, 3.63) is 35.9 Å². The number of Topliss-reactive ketones (excluding diaryl/α,β-unsaturated/α-hetero) is 1. The smallest absolute Gasteiger partial charge is 0.162 e. The molecule has 0 aliphatic heterocycles. The van der Waals surface area contributed by atoms with Crippen LogP contribution in [-0.2, 0) is 0 Å². The maximum Gasteiger partial charge on any atom is 0.162 e. The molecule has 0 N–H and O–H groups in total. The summed E-state index contributed by atoms with van der Waals surface area (Å²) in [6, 6.07) is 9.57. The van der Waals surface area contributed by atoms with Gasteiger partial charge in [-0.1, -0.05) is 57.0 Å². The summed E-state index contributed by atoms with van der Waals surface area (Å²) < 4.78 is 0. The minimum absolute atomic E-state index is 0.277. The molecule has 0 saturated heterocycles. The first-order valence-electron chi connectivity index (χ1n) is 5.82. The van der Waals surface area contributed by atoms with Gasteiger partial charge in [-0.3, -0.25) is 4.79 Å². The summed E-state index contributed by atoms with van der Waals surface area (Å²) in [6.07, 6.45) is 4.08. The van der Waals surface area contributed by atoms with E-state index in [1.807, 2.05) is 30.3 Å². The molecule has 1 aromatic rings. The van der Waals surface area contributed by atoms with Crippen molar-refractivity contribution in [2.75, 3.05) is 0 Å². The Morgan fingerprint density at radius 2 is 1.93 bits per heavy atom. The molecule has 0 radical (unpaired) electrons. The average Bonchev–Trinajstić information content (AvgIpc) is 2.29. The molecular formula is C14H20O. The molecule has 1 heteroatoms. The number of hydrogen-bond donors (Lipinski definition) is 0. The van der Waals surface area contributed by atoms with Crippen LogP contribution in [0.2, 0.25) is 0 Å². The molecule has 0 bridgehead atoms. The predicted octanol–water partition coefficient (Wildman–Crippen LogP) is 4.09. The molecule has 0 aliphatic carbocycles. The number of carbonyl (C=O) groups is 1. The van der Waals surface area contributed by atoms with Gasteiger partial charge < -0.3 is 0 Å². The third-order valence-corrected chi connectivity index (χ3v) is 2.89. The SMILES string of the molecule is CCC(C)CCCC(=O)c1ccccc1. The van der Waals surface area contributed by atoms with Gasteiger partial charge in [0.25, 0.3) is 0 Å². The van der Waals surface area contributed by atoms with Gasteiger partial charge in [0.15, 0.2) is 5.78 Å². The molecule has 1 unspecified atom stereocenters. The molecule has 0 aromatic heterocycles. The van der Waals surface area contributed by atoms with Crippen LogP contribution >= 0.6 is 0 Å². The van der Waals surface area contributed by atoms with E-state index in [1.54, 1.807) is 0 Å². The molecule has 1 nitrogen and oxygen atoms in total. The highest BCUT2D eigenvalue weighted by Gasteiger charge is 2.05. The highest BCUT2D eigenvalue weighted by atomic mass is 16.1. The van der Waals surface area contributed by atoms with Gasteiger partial charge in [-0.05, 0) is 12.3 Å². The normalized spacial score (nSPS) is 12.4. The molecule has 0 saturated carbocycles. The monoisotopic (exact) mass is 204 g/mol. The molecule has 0 spiro atoms. The maximum atomic E-state index is 11.7. The Morgan fingerprint density at radius 3 is 2.53 bits per heavy atom. The van der Waals surface area contributed by atoms with Crippen molar-refractivity contribution in [1.29, 1.82) is 0 Å². The second kappa shape index (κ2) is 6.39. The van der Waals surface area contributed by atoms with Crippen LogP contribution in [0, 0.1) is 5.92 Å². The van der Waals surface area contributed by atoms with E-state index in [1.165, 1.54) is 6.42 Å². The molecular weight excluding hydrogens is 184 g/mol. The Morgan fingerprint density at radius 1 is 1.27 bits per heavy atom. The van der Waals surface area contributed by atoms with Gasteiger partial charge in [-0.2, -0.15) is 0 Å². The lowest BCUT2D eigenvalue weighted by Gasteiger charge is -2.06. The summed E-state index contributed by atoms with van der Waals surface area (Å²) in [5.41, 5.74) is 0.849. The van der Waals surface area contributed by atoms with Crippen molar-refractivity contribution >= 4 is 5.78 Å². The highest BCUT2D eigenvalue weighted by molar-refractivity contribution is 5.95. The second-order valence-corrected chi connectivity index (χ2v) is 4.19. The first-order valence-corrected chi connectivity index (χ1v) is 5.82. The van der Waals surface area contributed by atoms with E-state index >= 15 is 0 Å². The van der Waals surface area contributed by atoms with E-state index in [9.17, 15) is 4.79 Å². The number of carbonyl (C=O) groups excluding carboxylic acids is 1. The largest absolute Gasteiger partial charge is 0.294 e. The summed E-state index contributed by atoms with van der Waals surface area (Å²) >= 11 is 0. The lowest BCUT2D eigenvalue weighted by Crippen LogP contribution is -2.00. The zero-order valence-corrected chi connectivity index (χ0v) is 9.70. The van der Waals surface area contributed by atoms with Crippen LogP contribution in [-0.4, -0.2) is 5.78 Å². The van der Waals surface area contributed by atoms with E-state index in [0.717, 1.165) is 24.3 Å². The van der Waals surface area contributed by atoms with Crippen LogP contribution in [0.4, 0.5) is 0 Å². The Kier molecular flexibility index (Phi) is 5.09. The molecule has 1 atom stereocenters. The third-order valence-electron chi connectivity index (χ3n) is 2.89. The van der Waals surface area contributed by atoms with Gasteiger partial charge in [0, 0.05) is 12.0 Å². The zero-order valence-electron chi connectivity index (χ0n) is 9.70. The lowest BCUT2D eigenvalue weighted by atomic mass is 9.99. The van der Waals surface area contributed by atoms with Crippen LogP contribution in [0.25, 0.3) is 0 Å². The standard InChI is InChI=1S/C14H20O/c1-3-12(2)8-7-11-14(15)13-9-5-4-6-10-13/h4-6,9-10,12H,3,7-8,11H2,1-2H3. The van der Waals surface area contributed by atoms with Crippen molar-refractivity contribution in [3.63, 3.8) is 0 Å². The molecule has 15 heavy (non-hydrogen) atoms. The van der Waals surface area contributed by atoms with Gasteiger partial charge in [-0.25, -0.2) is 0 Å². The van der Waals surface area contributed by atoms with E-state index in [0.29, 0.717) is 6.42 Å². The minimum atomic E-state index is 0.277. The van der Waals surface area contributed by atoms with Crippen LogP contribution in [0.5, 0.6) is 0 Å². The molecule has 0 heterocycles. The summed E-state index contributed by atoms with van der Waals surface area (Å²) in [4.78, 5) is 11.7. The molecule has 1 rings (SSSR count). The topological polar surface area (TPSA) is 17.1 Å². The summed E-state index contributed by atoms with van der Waals surface area (Å²) in [5, 5.41) is 0. The first kappa shape index (κ1) is 12.0. The van der Waals surface area contributed by atoms with E-state index in [-0.39, 0.29) is 5.78 Å². The van der Waals surface area contributed by atoms with Gasteiger partial charge >= 0.3 is 0 Å². The highest BCUT2D eigenvalue weighted by Crippen LogP contribution is 2.13. The van der Waals surface area contributed by atoms with Crippen LogP contribution < -0.4 is 0 Å². The van der Waals surface area contributed by atoms with Crippen molar-refractivity contribution in [2.45, 2.75) is 39.5 Å². The average molecular weight is 204 g/mol. The molecule has 0 fully saturated rings. The fraction of sp³-hybridized carbons (Fsp3) is 0.500. The Labute approximate surface area is 92.5 Å². The third kappa shape index (κ3) is 4.28. The number of benzene rings is 1. The van der Waals surface area contributed by atoms with Crippen LogP contribution in [0.1, 0.15) is 49.9 Å². The van der Waals surface area contributed by atoms with E-state index in [2.05, 4.69) is 13.8 Å². The van der Waals surface area contributed by atoms with Gasteiger partial charge in [0.1, 0.15) is 0 Å². The molecule has 1 aromatic carbocycles. The van der Waals surface area contributed by atoms with E-state index in [4.69, 9.17) is 0 Å². The Balaban J connectivity index is 2.31. The molecule has 82 valence electrons. The summed E-state index contributed by atoms with van der Waals surface area (Å²) in [5.74, 6) is 1.02. The van der Waals surface area contributed by atoms with Crippen molar-refractivity contribution in [1.82, 2.24) is 0 Å². The minimum Gasteiger partial charge on any atom is -0.294 e. The summed E-state index contributed by atoms with van der Waals surface area (Å²) in [7, 11) is 0. The first-order chi connectivity index (χ1) is 7.24. The lowest BCUT2D eigenvalue weighted by molar-refractivity contribution is 0.0978. The van der Waals surface area contributed by atoms with Crippen molar-refractivity contribution in [3.8, 4) is 0 Å². The zero-order chi connectivity index (χ0) is 11.1. The quantitative estimate of drug-likeness (QED) is 0.638. The second-order valence-electron chi connectivity index (χ2n) is 4.19. The van der Waals surface area contributed by atoms with Gasteiger partial charge in [0.05, 0.1) is 0 Å². The van der Waals surface area contributed by atoms with Crippen LogP contribution in [0.3, 0.4) is 0 Å². The number of rotatable bonds is 6. The molecule has 0 aliphatic rings. The molecule has 0 amide bonds. The summed E-state index contributed by atoms with van der Waals surface area (Å²) in [6.45, 7) is 4.44. The van der Waals surface area contributed by atoms with Gasteiger partial charge in [0.2, 0.25) is 0 Å².